The van der Waals surface area contributed by atoms with Crippen molar-refractivity contribution in [2.24, 2.45) is 0 Å². The van der Waals surface area contributed by atoms with Crippen LogP contribution in [0.3, 0.4) is 0 Å². The monoisotopic (exact) mass is 275 g/mol. The zero-order valence-electron chi connectivity index (χ0n) is 10.4. The average molecular weight is 276 g/mol. The molecule has 1 N–H and O–H groups in total. The molecule has 1 aromatic carbocycles. The third-order valence-corrected chi connectivity index (χ3v) is 3.06. The van der Waals surface area contributed by atoms with Crippen LogP contribution in [0.1, 0.15) is 31.7 Å². The van der Waals surface area contributed by atoms with Crippen molar-refractivity contribution in [1.82, 2.24) is 5.32 Å². The van der Waals surface area contributed by atoms with Crippen LogP contribution in [0.5, 0.6) is 5.75 Å². The zero-order valence-corrected chi connectivity index (χ0v) is 11.9. The minimum atomic E-state index is 0.561. The fraction of sp³-hybridized carbons (Fsp3) is 0.538. The topological polar surface area (TPSA) is 21.3 Å². The number of methoxy groups -OCH3 is 1. The minimum absolute atomic E-state index is 0.561. The molecule has 0 radical (unpaired) electrons. The van der Waals surface area contributed by atoms with Crippen LogP contribution in [0.25, 0.3) is 0 Å². The summed E-state index contributed by atoms with van der Waals surface area (Å²) >= 11 is 12.0. The molecule has 0 heterocycles. The molecule has 0 fully saturated rings. The highest BCUT2D eigenvalue weighted by Gasteiger charge is 2.09. The van der Waals surface area contributed by atoms with Gasteiger partial charge < -0.3 is 10.1 Å². The molecule has 0 saturated heterocycles. The van der Waals surface area contributed by atoms with Crippen LogP contribution >= 0.6 is 23.2 Å². The van der Waals surface area contributed by atoms with Gasteiger partial charge in [0.25, 0.3) is 0 Å². The molecule has 0 spiro atoms. The number of rotatable bonds is 7. The number of benzene rings is 1. The van der Waals surface area contributed by atoms with Crippen LogP contribution < -0.4 is 10.1 Å². The smallest absolute Gasteiger partial charge is 0.142 e. The van der Waals surface area contributed by atoms with Gasteiger partial charge in [0.15, 0.2) is 0 Å². The van der Waals surface area contributed by atoms with Crippen molar-refractivity contribution in [1.29, 1.82) is 0 Å². The second-order valence-corrected chi connectivity index (χ2v) is 4.81. The summed E-state index contributed by atoms with van der Waals surface area (Å²) in [6.07, 6.45) is 3.67. The summed E-state index contributed by atoms with van der Waals surface area (Å²) in [5, 5.41) is 4.57. The maximum atomic E-state index is 6.06. The van der Waals surface area contributed by atoms with Gasteiger partial charge in [-0.3, -0.25) is 0 Å². The number of nitrogens with one attached hydrogen (secondary N) is 1. The summed E-state index contributed by atoms with van der Waals surface area (Å²) in [6.45, 7) is 3.92. The number of hydrogen-bond donors (Lipinski definition) is 1. The first-order valence-electron chi connectivity index (χ1n) is 5.91. The van der Waals surface area contributed by atoms with Crippen molar-refractivity contribution in [3.05, 3.63) is 27.7 Å². The van der Waals surface area contributed by atoms with Gasteiger partial charge >= 0.3 is 0 Å². The summed E-state index contributed by atoms with van der Waals surface area (Å²) in [4.78, 5) is 0. The molecule has 0 atom stereocenters. The second kappa shape index (κ2) is 7.80. The predicted octanol–water partition coefficient (Wildman–Crippen LogP) is 4.28. The van der Waals surface area contributed by atoms with Gasteiger partial charge in [0.1, 0.15) is 5.75 Å². The predicted molar refractivity (Wildman–Crippen MR) is 74.2 cm³/mol. The fourth-order valence-electron chi connectivity index (χ4n) is 1.70. The quantitative estimate of drug-likeness (QED) is 0.750. The second-order valence-electron chi connectivity index (χ2n) is 3.96. The van der Waals surface area contributed by atoms with Crippen LogP contribution in [0.15, 0.2) is 12.1 Å². The van der Waals surface area contributed by atoms with Crippen molar-refractivity contribution in [3.63, 3.8) is 0 Å². The standard InChI is InChI=1S/C13H19Cl2NO/c1-3-4-5-6-16-9-10-7-11(14)8-12(15)13(10)17-2/h7-8,16H,3-6,9H2,1-2H3. The Morgan fingerprint density at radius 2 is 2.00 bits per heavy atom. The van der Waals surface area contributed by atoms with Crippen LogP contribution in [0, 0.1) is 0 Å². The van der Waals surface area contributed by atoms with Crippen molar-refractivity contribution >= 4 is 23.2 Å². The van der Waals surface area contributed by atoms with E-state index in [4.69, 9.17) is 27.9 Å². The van der Waals surface area contributed by atoms with Gasteiger partial charge in [-0.25, -0.2) is 0 Å². The summed E-state index contributed by atoms with van der Waals surface area (Å²) < 4.78 is 5.28. The highest BCUT2D eigenvalue weighted by atomic mass is 35.5. The van der Waals surface area contributed by atoms with Crippen LogP contribution in [0.4, 0.5) is 0 Å². The molecule has 2 nitrogen and oxygen atoms in total. The van der Waals surface area contributed by atoms with E-state index in [0.29, 0.717) is 15.8 Å². The summed E-state index contributed by atoms with van der Waals surface area (Å²) in [5.41, 5.74) is 1.00. The van der Waals surface area contributed by atoms with E-state index in [0.717, 1.165) is 18.7 Å². The van der Waals surface area contributed by atoms with Crippen LogP contribution in [-0.4, -0.2) is 13.7 Å². The van der Waals surface area contributed by atoms with E-state index in [-0.39, 0.29) is 0 Å². The molecular weight excluding hydrogens is 257 g/mol. The maximum absolute atomic E-state index is 6.06. The SMILES string of the molecule is CCCCCNCc1cc(Cl)cc(Cl)c1OC. The molecule has 0 amide bonds. The molecule has 0 unspecified atom stereocenters. The Bertz CT molecular complexity index is 356. The molecule has 0 aliphatic carbocycles. The largest absolute Gasteiger partial charge is 0.495 e. The molecule has 96 valence electrons. The van der Waals surface area contributed by atoms with Gasteiger partial charge in [-0.15, -0.1) is 0 Å². The van der Waals surface area contributed by atoms with E-state index in [1.807, 2.05) is 6.07 Å². The third-order valence-electron chi connectivity index (χ3n) is 2.56. The molecule has 4 heteroatoms. The number of halogens is 2. The van der Waals surface area contributed by atoms with Crippen molar-refractivity contribution < 1.29 is 4.74 Å². The Balaban J connectivity index is 2.57. The Labute approximate surface area is 113 Å². The normalized spacial score (nSPS) is 10.6. The highest BCUT2D eigenvalue weighted by Crippen LogP contribution is 2.31. The molecule has 0 aliphatic rings. The lowest BCUT2D eigenvalue weighted by atomic mass is 10.2. The molecule has 1 rings (SSSR count). The van der Waals surface area contributed by atoms with Crippen LogP contribution in [0.2, 0.25) is 10.0 Å². The van der Waals surface area contributed by atoms with Crippen molar-refractivity contribution in [2.75, 3.05) is 13.7 Å². The van der Waals surface area contributed by atoms with E-state index in [2.05, 4.69) is 12.2 Å². The molecule has 17 heavy (non-hydrogen) atoms. The average Bonchev–Trinajstić information content (AvgIpc) is 2.28. The molecule has 0 aromatic heterocycles. The van der Waals surface area contributed by atoms with E-state index < -0.39 is 0 Å². The molecule has 0 saturated carbocycles. The highest BCUT2D eigenvalue weighted by molar-refractivity contribution is 6.35. The molecule has 0 aliphatic heterocycles. The summed E-state index contributed by atoms with van der Waals surface area (Å²) in [7, 11) is 1.62. The number of ether oxygens (including phenoxy) is 1. The first-order chi connectivity index (χ1) is 8.19. The number of unbranched alkanes of at least 4 members (excludes halogenated alkanes) is 2. The van der Waals surface area contributed by atoms with Gasteiger partial charge in [-0.2, -0.15) is 0 Å². The lowest BCUT2D eigenvalue weighted by Crippen LogP contribution is -2.15. The summed E-state index contributed by atoms with van der Waals surface area (Å²) in [6, 6.07) is 3.58. The van der Waals surface area contributed by atoms with E-state index in [1.165, 1.54) is 19.3 Å². The maximum Gasteiger partial charge on any atom is 0.142 e. The van der Waals surface area contributed by atoms with E-state index >= 15 is 0 Å². The lowest BCUT2D eigenvalue weighted by Gasteiger charge is -2.11. The zero-order chi connectivity index (χ0) is 12.7. The Morgan fingerprint density at radius 3 is 2.65 bits per heavy atom. The Morgan fingerprint density at radius 1 is 1.24 bits per heavy atom. The van der Waals surface area contributed by atoms with Gasteiger partial charge in [0.2, 0.25) is 0 Å². The van der Waals surface area contributed by atoms with Crippen molar-refractivity contribution in [2.45, 2.75) is 32.7 Å². The van der Waals surface area contributed by atoms with Gasteiger partial charge in [-0.05, 0) is 25.1 Å². The van der Waals surface area contributed by atoms with Gasteiger partial charge in [0, 0.05) is 17.1 Å². The van der Waals surface area contributed by atoms with Crippen molar-refractivity contribution in [3.8, 4) is 5.75 Å². The molecule has 0 bridgehead atoms. The first kappa shape index (κ1) is 14.6. The Hall–Kier alpha value is -0.440. The van der Waals surface area contributed by atoms with Gasteiger partial charge in [-0.1, -0.05) is 43.0 Å². The summed E-state index contributed by atoms with van der Waals surface area (Å²) in [5.74, 6) is 0.707. The Kier molecular flexibility index (Phi) is 6.71. The fourth-order valence-corrected chi connectivity index (χ4v) is 2.31. The third kappa shape index (κ3) is 4.74. The number of hydrogen-bond acceptors (Lipinski definition) is 2. The minimum Gasteiger partial charge on any atom is -0.495 e. The first-order valence-corrected chi connectivity index (χ1v) is 6.67. The van der Waals surface area contributed by atoms with Gasteiger partial charge in [0.05, 0.1) is 12.1 Å². The van der Waals surface area contributed by atoms with Crippen LogP contribution in [-0.2, 0) is 6.54 Å². The lowest BCUT2D eigenvalue weighted by molar-refractivity contribution is 0.408. The van der Waals surface area contributed by atoms with E-state index in [9.17, 15) is 0 Å². The molecule has 1 aromatic rings. The van der Waals surface area contributed by atoms with E-state index in [1.54, 1.807) is 13.2 Å². The molecular formula is C13H19Cl2NO.